The molecular weight excluding hydrogens is 352 g/mol. The summed E-state index contributed by atoms with van der Waals surface area (Å²) in [6.07, 6.45) is 2.37. The van der Waals surface area contributed by atoms with Crippen LogP contribution in [0.3, 0.4) is 0 Å². The maximum absolute atomic E-state index is 12.0. The second-order valence-corrected chi connectivity index (χ2v) is 10.7. The maximum atomic E-state index is 12.0. The Labute approximate surface area is 172 Å². The Hall–Kier alpha value is -0.850. The molecule has 0 saturated carbocycles. The van der Waals surface area contributed by atoms with Gasteiger partial charge in [0.15, 0.2) is 0 Å². The van der Waals surface area contributed by atoms with E-state index in [4.69, 9.17) is 4.74 Å². The average Bonchev–Trinajstić information content (AvgIpc) is 3.32. The normalized spacial score (nSPS) is 33.1. The molecule has 28 heavy (non-hydrogen) atoms. The van der Waals surface area contributed by atoms with Gasteiger partial charge in [0.05, 0.1) is 0 Å². The minimum atomic E-state index is -0.392. The van der Waals surface area contributed by atoms with Crippen LogP contribution in [-0.2, 0) is 4.74 Å². The zero-order valence-corrected chi connectivity index (χ0v) is 19.3. The summed E-state index contributed by atoms with van der Waals surface area (Å²) in [6, 6.07) is 3.95. The summed E-state index contributed by atoms with van der Waals surface area (Å²) in [4.78, 5) is 21.6. The molecule has 0 aromatic heterocycles. The van der Waals surface area contributed by atoms with Gasteiger partial charge in [0.25, 0.3) is 0 Å². The Kier molecular flexibility index (Phi) is 6.33. The fourth-order valence-corrected chi connectivity index (χ4v) is 5.40. The molecular formula is C22H42N4O2. The molecule has 0 radical (unpaired) electrons. The van der Waals surface area contributed by atoms with Crippen molar-refractivity contribution in [1.82, 2.24) is 19.6 Å². The Morgan fingerprint density at radius 1 is 0.821 bits per heavy atom. The number of likely N-dealkylation sites (tertiary alicyclic amines) is 4. The number of rotatable bonds is 2. The van der Waals surface area contributed by atoms with Gasteiger partial charge >= 0.3 is 6.09 Å². The van der Waals surface area contributed by atoms with Crippen molar-refractivity contribution in [2.24, 2.45) is 0 Å². The number of hydrogen-bond acceptors (Lipinski definition) is 5. The van der Waals surface area contributed by atoms with Gasteiger partial charge in [-0.1, -0.05) is 0 Å². The Bertz CT molecular complexity index is 557. The summed E-state index contributed by atoms with van der Waals surface area (Å²) in [7, 11) is 2.25. The van der Waals surface area contributed by atoms with Crippen LogP contribution in [0, 0.1) is 0 Å². The number of carbonyl (C=O) groups is 1. The summed E-state index contributed by atoms with van der Waals surface area (Å²) in [5.41, 5.74) is -0.392. The number of nitrogens with zero attached hydrogens (tertiary/aromatic N) is 4. The molecule has 1 amide bonds. The lowest BCUT2D eigenvalue weighted by molar-refractivity contribution is 0.0104. The van der Waals surface area contributed by atoms with Crippen LogP contribution in [0.5, 0.6) is 0 Å². The van der Waals surface area contributed by atoms with Gasteiger partial charge in [0, 0.05) is 62.4 Å². The molecule has 0 unspecified atom stereocenters. The summed E-state index contributed by atoms with van der Waals surface area (Å²) >= 11 is 0. The van der Waals surface area contributed by atoms with Crippen molar-refractivity contribution in [3.8, 4) is 0 Å². The zero-order valence-electron chi connectivity index (χ0n) is 19.3. The van der Waals surface area contributed by atoms with Crippen LogP contribution in [0.2, 0.25) is 0 Å². The third-order valence-corrected chi connectivity index (χ3v) is 6.79. The van der Waals surface area contributed by atoms with Crippen LogP contribution in [0.15, 0.2) is 0 Å². The molecule has 4 heterocycles. The van der Waals surface area contributed by atoms with Gasteiger partial charge in [-0.2, -0.15) is 0 Å². The standard InChI is InChI=1S/C13H24N2O2.C9H18N2/c1-9(2)14-7-11-6-10(14)8-15(11)12(16)17-13(3,4)5;1-7(2)11-6-8-4-9(11)5-10(8)3/h9-11H,6-8H2,1-5H3;7-9H,4-6H2,1-3H3/t10-,11-;8-,9-/m00/s1. The second-order valence-electron chi connectivity index (χ2n) is 10.7. The van der Waals surface area contributed by atoms with Gasteiger partial charge in [-0.15, -0.1) is 0 Å². The van der Waals surface area contributed by atoms with Crippen molar-refractivity contribution in [2.45, 2.75) is 103 Å². The zero-order chi connectivity index (χ0) is 20.8. The predicted molar refractivity (Wildman–Crippen MR) is 114 cm³/mol. The summed E-state index contributed by atoms with van der Waals surface area (Å²) < 4.78 is 5.44. The highest BCUT2D eigenvalue weighted by molar-refractivity contribution is 5.69. The molecule has 6 heteroatoms. The van der Waals surface area contributed by atoms with Crippen LogP contribution in [0.25, 0.3) is 0 Å². The number of piperazine rings is 2. The number of hydrogen-bond donors (Lipinski definition) is 0. The summed E-state index contributed by atoms with van der Waals surface area (Å²) in [5, 5.41) is 0. The molecule has 0 aliphatic carbocycles. The Morgan fingerprint density at radius 3 is 1.68 bits per heavy atom. The number of amides is 1. The molecule has 4 aliphatic rings. The fourth-order valence-electron chi connectivity index (χ4n) is 5.40. The first-order chi connectivity index (χ1) is 13.0. The van der Waals surface area contributed by atoms with Crippen LogP contribution in [0.1, 0.15) is 61.3 Å². The first-order valence-corrected chi connectivity index (χ1v) is 11.2. The van der Waals surface area contributed by atoms with E-state index < -0.39 is 5.60 Å². The molecule has 4 atom stereocenters. The van der Waals surface area contributed by atoms with Gasteiger partial charge in [0.1, 0.15) is 5.60 Å². The molecule has 4 bridgehead atoms. The molecule has 0 spiro atoms. The van der Waals surface area contributed by atoms with E-state index in [-0.39, 0.29) is 6.09 Å². The van der Waals surface area contributed by atoms with Crippen molar-refractivity contribution in [2.75, 3.05) is 33.2 Å². The van der Waals surface area contributed by atoms with Gasteiger partial charge in [-0.25, -0.2) is 4.79 Å². The fraction of sp³-hybridized carbons (Fsp3) is 0.955. The highest BCUT2D eigenvalue weighted by atomic mass is 16.6. The van der Waals surface area contributed by atoms with Crippen LogP contribution < -0.4 is 0 Å². The highest BCUT2D eigenvalue weighted by Crippen LogP contribution is 2.33. The average molecular weight is 395 g/mol. The molecule has 0 aromatic rings. The predicted octanol–water partition coefficient (Wildman–Crippen LogP) is 2.87. The Balaban J connectivity index is 0.000000176. The van der Waals surface area contributed by atoms with Crippen LogP contribution >= 0.6 is 0 Å². The molecule has 6 nitrogen and oxygen atoms in total. The lowest BCUT2D eigenvalue weighted by Gasteiger charge is -2.37. The molecule has 4 aliphatic heterocycles. The van der Waals surface area contributed by atoms with Crippen LogP contribution in [-0.4, -0.2) is 101 Å². The molecule has 4 saturated heterocycles. The van der Waals surface area contributed by atoms with E-state index in [0.717, 1.165) is 37.6 Å². The quantitative estimate of drug-likeness (QED) is 0.720. The number of likely N-dealkylation sites (N-methyl/N-ethyl adjacent to an activating group) is 1. The number of fused-ring (bicyclic) bond motifs is 4. The van der Waals surface area contributed by atoms with Crippen molar-refractivity contribution in [3.05, 3.63) is 0 Å². The third-order valence-electron chi connectivity index (χ3n) is 6.79. The van der Waals surface area contributed by atoms with Crippen molar-refractivity contribution in [1.29, 1.82) is 0 Å². The van der Waals surface area contributed by atoms with E-state index in [2.05, 4.69) is 49.4 Å². The second kappa shape index (κ2) is 8.11. The molecule has 162 valence electrons. The van der Waals surface area contributed by atoms with Gasteiger partial charge < -0.3 is 14.5 Å². The maximum Gasteiger partial charge on any atom is 0.410 e. The van der Waals surface area contributed by atoms with E-state index >= 15 is 0 Å². The van der Waals surface area contributed by atoms with Crippen LogP contribution in [0.4, 0.5) is 4.79 Å². The van der Waals surface area contributed by atoms with E-state index in [9.17, 15) is 4.79 Å². The Morgan fingerprint density at radius 2 is 1.32 bits per heavy atom. The van der Waals surface area contributed by atoms with Crippen molar-refractivity contribution < 1.29 is 9.53 Å². The van der Waals surface area contributed by atoms with E-state index in [1.807, 2.05) is 25.7 Å². The van der Waals surface area contributed by atoms with E-state index in [1.54, 1.807) is 0 Å². The minimum Gasteiger partial charge on any atom is -0.444 e. The number of ether oxygens (including phenoxy) is 1. The minimum absolute atomic E-state index is 0.145. The molecule has 0 N–H and O–H groups in total. The molecule has 4 fully saturated rings. The summed E-state index contributed by atoms with van der Waals surface area (Å²) in [5.74, 6) is 0. The smallest absolute Gasteiger partial charge is 0.410 e. The lowest BCUT2D eigenvalue weighted by atomic mass is 10.2. The van der Waals surface area contributed by atoms with E-state index in [1.165, 1.54) is 19.5 Å². The third kappa shape index (κ3) is 4.65. The van der Waals surface area contributed by atoms with Crippen molar-refractivity contribution >= 4 is 6.09 Å². The van der Waals surface area contributed by atoms with E-state index in [0.29, 0.717) is 18.1 Å². The monoisotopic (exact) mass is 394 g/mol. The lowest BCUT2D eigenvalue weighted by Crippen LogP contribution is -2.51. The molecule has 4 rings (SSSR count). The first-order valence-electron chi connectivity index (χ1n) is 11.2. The highest BCUT2D eigenvalue weighted by Gasteiger charge is 2.47. The topological polar surface area (TPSA) is 39.3 Å². The van der Waals surface area contributed by atoms with Crippen molar-refractivity contribution in [3.63, 3.8) is 0 Å². The first kappa shape index (κ1) is 21.8. The number of carbonyl (C=O) groups excluding carboxylic acids is 1. The van der Waals surface area contributed by atoms with Gasteiger partial charge in [-0.05, 0) is 68.4 Å². The SMILES string of the molecule is CC(C)N1C[C@@H]2C[C@H]1CN2C.CC(C)N1C[C@@H]2C[C@H]1CN2C(=O)OC(C)(C)C. The summed E-state index contributed by atoms with van der Waals surface area (Å²) in [6.45, 7) is 19.2. The largest absolute Gasteiger partial charge is 0.444 e. The molecule has 0 aromatic carbocycles. The van der Waals surface area contributed by atoms with Gasteiger partial charge in [-0.3, -0.25) is 9.80 Å². The van der Waals surface area contributed by atoms with Gasteiger partial charge in [0.2, 0.25) is 0 Å².